The molecule has 0 amide bonds. The summed E-state index contributed by atoms with van der Waals surface area (Å²) in [5, 5.41) is 0.879. The zero-order chi connectivity index (χ0) is 28.8. The van der Waals surface area contributed by atoms with Crippen LogP contribution in [-0.4, -0.2) is 38.6 Å². The third-order valence-electron chi connectivity index (χ3n) is 7.67. The fraction of sp³-hybridized carbons (Fsp3) is 0.382. The maximum Gasteiger partial charge on any atom is 0.209 e. The van der Waals surface area contributed by atoms with E-state index in [2.05, 4.69) is 110 Å². The van der Waals surface area contributed by atoms with Gasteiger partial charge in [0.2, 0.25) is 5.69 Å². The summed E-state index contributed by atoms with van der Waals surface area (Å²) < 4.78 is 12.7. The Kier molecular flexibility index (Phi) is 10.2. The molecule has 0 radical (unpaired) electrons. The molecule has 0 saturated carbocycles. The van der Waals surface area contributed by atoms with Crippen LogP contribution < -0.4 is 10.5 Å². The lowest BCUT2D eigenvalue weighted by atomic mass is 9.81. The molecule has 2 heterocycles. The van der Waals surface area contributed by atoms with Gasteiger partial charge in [0.05, 0.1) is 10.8 Å². The number of ether oxygens (including phenoxy) is 2. The lowest BCUT2D eigenvalue weighted by Crippen LogP contribution is -2.26. The molecule has 2 aromatic carbocycles. The van der Waals surface area contributed by atoms with Gasteiger partial charge in [-0.3, -0.25) is 0 Å². The van der Waals surface area contributed by atoms with Crippen LogP contribution in [0.4, 0.5) is 5.69 Å². The summed E-state index contributed by atoms with van der Waals surface area (Å²) in [7, 11) is 6.91. The predicted octanol–water partition coefficient (Wildman–Crippen LogP) is 7.94. The Morgan fingerprint density at radius 1 is 0.872 bits per heavy atom. The van der Waals surface area contributed by atoms with Crippen LogP contribution in [0.5, 0.6) is 5.75 Å². The molecule has 2 aromatic rings. The second-order valence-corrected chi connectivity index (χ2v) is 11.3. The highest BCUT2D eigenvalue weighted by molar-refractivity contribution is 6.32. The van der Waals surface area contributed by atoms with E-state index in [1.807, 2.05) is 12.1 Å². The van der Waals surface area contributed by atoms with Crippen LogP contribution in [0.3, 0.4) is 0 Å². The quantitative estimate of drug-likeness (QED) is 0.397. The number of nitrogens with zero attached hydrogens (tertiary/aromatic N) is 1. The number of halogens is 1. The molecule has 39 heavy (non-hydrogen) atoms. The maximum absolute atomic E-state index is 6.94. The van der Waals surface area contributed by atoms with E-state index in [0.717, 1.165) is 35.8 Å². The number of rotatable bonds is 3. The van der Waals surface area contributed by atoms with Gasteiger partial charge in [0.1, 0.15) is 18.6 Å². The van der Waals surface area contributed by atoms with Crippen molar-refractivity contribution >= 4 is 23.0 Å². The lowest BCUT2D eigenvalue weighted by molar-refractivity contribution is -0.401. The molecule has 0 unspecified atom stereocenters. The van der Waals surface area contributed by atoms with Crippen molar-refractivity contribution in [2.75, 3.05) is 28.3 Å². The van der Waals surface area contributed by atoms with Gasteiger partial charge in [0, 0.05) is 42.5 Å². The van der Waals surface area contributed by atoms with Gasteiger partial charge < -0.3 is 15.2 Å². The second kappa shape index (κ2) is 13.0. The molecule has 4 nitrogen and oxygen atoms in total. The van der Waals surface area contributed by atoms with E-state index >= 15 is 0 Å². The lowest BCUT2D eigenvalue weighted by Gasteiger charge is -2.19. The van der Waals surface area contributed by atoms with Crippen molar-refractivity contribution in [1.82, 2.24) is 0 Å². The van der Waals surface area contributed by atoms with Crippen LogP contribution in [-0.2, 0) is 15.6 Å². The van der Waals surface area contributed by atoms with Gasteiger partial charge in [-0.1, -0.05) is 60.2 Å². The molecule has 0 spiro atoms. The number of methoxy groups -OCH3 is 1. The first kappa shape index (κ1) is 30.6. The highest BCUT2D eigenvalue weighted by atomic mass is 35.5. The van der Waals surface area contributed by atoms with Crippen molar-refractivity contribution in [2.45, 2.75) is 57.8 Å². The Morgan fingerprint density at radius 2 is 1.49 bits per heavy atom. The minimum Gasteiger partial charge on any atom is -0.460 e. The predicted molar refractivity (Wildman–Crippen MR) is 165 cm³/mol. The van der Waals surface area contributed by atoms with Crippen molar-refractivity contribution in [2.24, 2.45) is 5.73 Å². The van der Waals surface area contributed by atoms with E-state index in [1.165, 1.54) is 40.7 Å². The first-order valence-electron chi connectivity index (χ1n) is 13.6. The maximum atomic E-state index is 6.94. The summed E-state index contributed by atoms with van der Waals surface area (Å²) in [5.74, 6) is 1.92. The highest BCUT2D eigenvalue weighted by Gasteiger charge is 2.42. The minimum atomic E-state index is -0.147. The van der Waals surface area contributed by atoms with E-state index < -0.39 is 0 Å². The number of benzene rings is 2. The van der Waals surface area contributed by atoms with Crippen LogP contribution in [0.25, 0.3) is 0 Å². The Bertz CT molecular complexity index is 1340. The molecular weight excluding hydrogens is 504 g/mol. The van der Waals surface area contributed by atoms with Crippen molar-refractivity contribution in [3.8, 4) is 5.75 Å². The molecule has 2 N–H and O–H groups in total. The van der Waals surface area contributed by atoms with E-state index in [1.54, 1.807) is 14.2 Å². The van der Waals surface area contributed by atoms with E-state index in [9.17, 15) is 0 Å². The zero-order valence-electron chi connectivity index (χ0n) is 24.8. The normalized spacial score (nSPS) is 20.8. The number of para-hydroxylation sites is 2. The first-order chi connectivity index (χ1) is 18.6. The molecule has 0 bridgehead atoms. The smallest absolute Gasteiger partial charge is 0.209 e. The number of hydrogen-bond acceptors (Lipinski definition) is 3. The van der Waals surface area contributed by atoms with Gasteiger partial charge in [-0.2, -0.15) is 4.58 Å². The van der Waals surface area contributed by atoms with Gasteiger partial charge in [0.25, 0.3) is 0 Å². The number of hydrogen-bond donors (Lipinski definition) is 1. The summed E-state index contributed by atoms with van der Waals surface area (Å²) in [6, 6.07) is 17.0. The van der Waals surface area contributed by atoms with Crippen molar-refractivity contribution in [3.63, 3.8) is 0 Å². The Labute approximate surface area is 240 Å². The van der Waals surface area contributed by atoms with Crippen LogP contribution in [0.1, 0.15) is 58.1 Å². The van der Waals surface area contributed by atoms with Gasteiger partial charge >= 0.3 is 0 Å². The van der Waals surface area contributed by atoms with Crippen LogP contribution in [0.2, 0.25) is 0 Å². The summed E-state index contributed by atoms with van der Waals surface area (Å²) >= 11 is 6.94. The summed E-state index contributed by atoms with van der Waals surface area (Å²) in [4.78, 5) is 0. The fourth-order valence-corrected chi connectivity index (χ4v) is 5.87. The summed E-state index contributed by atoms with van der Waals surface area (Å²) in [6.07, 6.45) is 11.9. The average Bonchev–Trinajstić information content (AvgIpc) is 3.30. The first-order valence-corrected chi connectivity index (χ1v) is 13.9. The summed E-state index contributed by atoms with van der Waals surface area (Å²) in [5.41, 5.74) is 11.9. The molecule has 208 valence electrons. The number of fused-ring (bicyclic) bond motifs is 2. The van der Waals surface area contributed by atoms with E-state index in [0.29, 0.717) is 0 Å². The standard InChI is InChI=1S/C31H33ClNO.C2H6O.CH5N/c1-30(2)23-13-6-8-15-25(23)33(5)27(30)19-17-21-11-10-12-22(29(21)32)18-20-28-31(3,4)24-14-7-9-16-26(24)34-28;1-3-2;1-2/h6-9,13-20H,10-12H2,1-5H3;1-2H3;2H2,1H3/q+1;;/b19-17+,22-18+,28-20+;;. The fourth-order valence-electron chi connectivity index (χ4n) is 5.56. The topological polar surface area (TPSA) is 47.5 Å². The van der Waals surface area contributed by atoms with E-state index in [-0.39, 0.29) is 10.8 Å². The molecule has 0 fully saturated rings. The SMILES string of the molecule is CN.COC.C[N+]1=C(/C=C/C2=C(Cl)C(=C/C=C3/Oc4ccccc4C3(C)C)/CCC2)C(C)(C)c2ccccc21. The molecule has 0 atom stereocenters. The van der Waals surface area contributed by atoms with Gasteiger partial charge in [0.15, 0.2) is 5.71 Å². The molecule has 0 saturated heterocycles. The van der Waals surface area contributed by atoms with Crippen LogP contribution in [0.15, 0.2) is 94.8 Å². The van der Waals surface area contributed by atoms with Gasteiger partial charge in [-0.25, -0.2) is 0 Å². The molecule has 1 aliphatic carbocycles. The molecule has 5 heteroatoms. The molecular formula is C34H44ClN2O2+. The molecule has 0 aromatic heterocycles. The van der Waals surface area contributed by atoms with Crippen molar-refractivity contribution in [3.05, 3.63) is 106 Å². The van der Waals surface area contributed by atoms with Crippen LogP contribution in [0, 0.1) is 0 Å². The molecule has 3 aliphatic rings. The highest BCUT2D eigenvalue weighted by Crippen LogP contribution is 2.45. The Hall–Kier alpha value is -2.92. The van der Waals surface area contributed by atoms with Crippen molar-refractivity contribution < 1.29 is 14.0 Å². The van der Waals surface area contributed by atoms with Gasteiger partial charge in [-0.15, -0.1) is 0 Å². The number of allylic oxidation sites excluding steroid dienone is 8. The van der Waals surface area contributed by atoms with Crippen LogP contribution >= 0.6 is 11.6 Å². The van der Waals surface area contributed by atoms with E-state index in [4.69, 9.17) is 16.3 Å². The minimum absolute atomic E-state index is 0.0347. The Morgan fingerprint density at radius 3 is 2.13 bits per heavy atom. The zero-order valence-corrected chi connectivity index (χ0v) is 25.5. The second-order valence-electron chi connectivity index (χ2n) is 11.0. The third-order valence-corrected chi connectivity index (χ3v) is 8.16. The molecule has 5 rings (SSSR count). The summed E-state index contributed by atoms with van der Waals surface area (Å²) in [6.45, 7) is 9.02. The monoisotopic (exact) mass is 547 g/mol. The number of nitrogens with two attached hydrogens (primary N) is 1. The third kappa shape index (κ3) is 6.14. The van der Waals surface area contributed by atoms with Crippen molar-refractivity contribution in [1.29, 1.82) is 0 Å². The largest absolute Gasteiger partial charge is 0.460 e. The van der Waals surface area contributed by atoms with Gasteiger partial charge in [-0.05, 0) is 77.3 Å². The molecule has 2 aliphatic heterocycles. The Balaban J connectivity index is 0.000000787. The average molecular weight is 548 g/mol.